The maximum Gasteiger partial charge on any atom is 0.264 e. The summed E-state index contributed by atoms with van der Waals surface area (Å²) in [5.41, 5.74) is 0.489. The van der Waals surface area contributed by atoms with Gasteiger partial charge in [-0.25, -0.2) is 17.8 Å². The van der Waals surface area contributed by atoms with Gasteiger partial charge in [0, 0.05) is 23.2 Å². The van der Waals surface area contributed by atoms with Gasteiger partial charge in [-0.05, 0) is 24.3 Å². The molecule has 2 aromatic heterocycles. The number of rotatable bonds is 5. The van der Waals surface area contributed by atoms with Gasteiger partial charge in [0.05, 0.1) is 16.1 Å². The number of hydrogen-bond acceptors (Lipinski definition) is 6. The Hall–Kier alpha value is -2.59. The molecule has 2 heterocycles. The zero-order valence-corrected chi connectivity index (χ0v) is 13.7. The lowest BCUT2D eigenvalue weighted by atomic mass is 10.2. The minimum Gasteiger partial charge on any atom is -0.322 e. The molecule has 1 aromatic carbocycles. The zero-order chi connectivity index (χ0) is 17.2. The summed E-state index contributed by atoms with van der Waals surface area (Å²) < 4.78 is 40.0. The van der Waals surface area contributed by atoms with Crippen LogP contribution in [0.4, 0.5) is 15.2 Å². The van der Waals surface area contributed by atoms with Crippen LogP contribution in [0, 0.1) is 0 Å². The van der Waals surface area contributed by atoms with E-state index < -0.39 is 22.6 Å². The number of carbonyl (C=O) groups excluding carboxylic acids is 1. The zero-order valence-electron chi connectivity index (χ0n) is 12.1. The van der Waals surface area contributed by atoms with E-state index in [2.05, 4.69) is 20.0 Å². The molecular formula is C14H11FN4O3S2. The third-order valence-corrected chi connectivity index (χ3v) is 5.28. The van der Waals surface area contributed by atoms with Crippen LogP contribution < -0.4 is 10.0 Å². The van der Waals surface area contributed by atoms with Gasteiger partial charge in [0.1, 0.15) is 0 Å². The molecular weight excluding hydrogens is 355 g/mol. The number of thiazole rings is 1. The smallest absolute Gasteiger partial charge is 0.264 e. The van der Waals surface area contributed by atoms with Crippen molar-refractivity contribution in [2.45, 2.75) is 4.90 Å². The Labute approximate surface area is 140 Å². The average molecular weight is 366 g/mol. The highest BCUT2D eigenvalue weighted by molar-refractivity contribution is 7.93. The Bertz CT molecular complexity index is 990. The number of alkyl halides is 1. The summed E-state index contributed by atoms with van der Waals surface area (Å²) in [6, 6.07) is 5.84. The number of halogens is 1. The van der Waals surface area contributed by atoms with E-state index in [0.29, 0.717) is 5.39 Å². The van der Waals surface area contributed by atoms with Crippen molar-refractivity contribution >= 4 is 49.0 Å². The largest absolute Gasteiger partial charge is 0.322 e. The maximum atomic E-state index is 12.6. The van der Waals surface area contributed by atoms with Crippen molar-refractivity contribution in [3.05, 3.63) is 42.0 Å². The lowest BCUT2D eigenvalue weighted by Crippen LogP contribution is -2.16. The SMILES string of the molecule is O=C(CF)Nc1ccc(S(=O)(=O)Nc2nccs2)c2cccnc12. The topological polar surface area (TPSA) is 101 Å². The van der Waals surface area contributed by atoms with Crippen LogP contribution in [0.5, 0.6) is 0 Å². The van der Waals surface area contributed by atoms with Gasteiger partial charge in [-0.3, -0.25) is 14.5 Å². The molecule has 0 fully saturated rings. The van der Waals surface area contributed by atoms with Crippen LogP contribution in [0.2, 0.25) is 0 Å². The molecule has 124 valence electrons. The number of amides is 1. The second-order valence-corrected chi connectivity index (χ2v) is 7.18. The molecule has 0 unspecified atom stereocenters. The Kier molecular flexibility index (Phi) is 4.40. The number of nitrogens with one attached hydrogen (secondary N) is 2. The molecule has 2 N–H and O–H groups in total. The van der Waals surface area contributed by atoms with E-state index in [-0.39, 0.29) is 21.2 Å². The monoisotopic (exact) mass is 366 g/mol. The van der Waals surface area contributed by atoms with Gasteiger partial charge in [-0.2, -0.15) is 0 Å². The van der Waals surface area contributed by atoms with Gasteiger partial charge in [0.2, 0.25) is 0 Å². The van der Waals surface area contributed by atoms with Crippen LogP contribution in [0.1, 0.15) is 0 Å². The Morgan fingerprint density at radius 3 is 2.75 bits per heavy atom. The summed E-state index contributed by atoms with van der Waals surface area (Å²) in [4.78, 5) is 19.2. The maximum absolute atomic E-state index is 12.6. The molecule has 0 spiro atoms. The van der Waals surface area contributed by atoms with Crippen molar-refractivity contribution in [1.82, 2.24) is 9.97 Å². The molecule has 3 rings (SSSR count). The van der Waals surface area contributed by atoms with Crippen molar-refractivity contribution in [2.24, 2.45) is 0 Å². The molecule has 24 heavy (non-hydrogen) atoms. The Morgan fingerprint density at radius 1 is 1.21 bits per heavy atom. The molecule has 0 bridgehead atoms. The molecule has 0 aliphatic rings. The minimum atomic E-state index is -3.89. The minimum absolute atomic E-state index is 0.0148. The number of fused-ring (bicyclic) bond motifs is 1. The number of carbonyl (C=O) groups is 1. The first-order valence-corrected chi connectivity index (χ1v) is 9.03. The molecule has 1 amide bonds. The van der Waals surface area contributed by atoms with Crippen LogP contribution in [-0.2, 0) is 14.8 Å². The van der Waals surface area contributed by atoms with Crippen LogP contribution >= 0.6 is 11.3 Å². The number of anilines is 2. The highest BCUT2D eigenvalue weighted by Crippen LogP contribution is 2.29. The van der Waals surface area contributed by atoms with Crippen LogP contribution in [0.15, 0.2) is 46.9 Å². The second-order valence-electron chi connectivity index (χ2n) is 4.64. The van der Waals surface area contributed by atoms with Gasteiger partial charge in [-0.15, -0.1) is 11.3 Å². The fraction of sp³-hybridized carbons (Fsp3) is 0.0714. The molecule has 0 saturated carbocycles. The van der Waals surface area contributed by atoms with E-state index in [9.17, 15) is 17.6 Å². The van der Waals surface area contributed by atoms with Gasteiger partial charge in [0.25, 0.3) is 15.9 Å². The number of pyridine rings is 1. The summed E-state index contributed by atoms with van der Waals surface area (Å²) in [6.45, 7) is -1.18. The standard InChI is InChI=1S/C14H11FN4O3S2/c15-8-12(20)18-10-3-4-11(9-2-1-5-16-13(9)10)24(21,22)19-14-17-6-7-23-14/h1-7H,8H2,(H,17,19)(H,18,20). The highest BCUT2D eigenvalue weighted by Gasteiger charge is 2.20. The number of hydrogen-bond donors (Lipinski definition) is 2. The van der Waals surface area contributed by atoms with Gasteiger partial charge in [-0.1, -0.05) is 0 Å². The van der Waals surface area contributed by atoms with E-state index in [4.69, 9.17) is 0 Å². The summed E-state index contributed by atoms with van der Waals surface area (Å²) in [6.07, 6.45) is 2.94. The summed E-state index contributed by atoms with van der Waals surface area (Å²) in [5, 5.41) is 4.54. The third kappa shape index (κ3) is 3.19. The predicted octanol–water partition coefficient (Wildman–Crippen LogP) is 2.40. The normalized spacial score (nSPS) is 11.4. The first-order chi connectivity index (χ1) is 11.5. The van der Waals surface area contributed by atoms with E-state index >= 15 is 0 Å². The lowest BCUT2D eigenvalue weighted by molar-refractivity contribution is -0.117. The van der Waals surface area contributed by atoms with Crippen LogP contribution in [0.3, 0.4) is 0 Å². The second kappa shape index (κ2) is 6.49. The van der Waals surface area contributed by atoms with E-state index in [1.54, 1.807) is 17.5 Å². The molecule has 0 aliphatic carbocycles. The molecule has 3 aromatic rings. The van der Waals surface area contributed by atoms with Gasteiger partial charge in [0.15, 0.2) is 11.8 Å². The van der Waals surface area contributed by atoms with Crippen molar-refractivity contribution < 1.29 is 17.6 Å². The summed E-state index contributed by atoms with van der Waals surface area (Å²) in [7, 11) is -3.89. The molecule has 10 heteroatoms. The first kappa shape index (κ1) is 16.3. The fourth-order valence-corrected chi connectivity index (χ4v) is 4.10. The van der Waals surface area contributed by atoms with Crippen molar-refractivity contribution in [2.75, 3.05) is 16.7 Å². The third-order valence-electron chi connectivity index (χ3n) is 3.07. The Balaban J connectivity index is 2.10. The molecule has 0 saturated heterocycles. The van der Waals surface area contributed by atoms with E-state index in [1.165, 1.54) is 24.5 Å². The molecule has 0 radical (unpaired) electrons. The summed E-state index contributed by atoms with van der Waals surface area (Å²) in [5.74, 6) is -0.835. The number of sulfonamides is 1. The van der Waals surface area contributed by atoms with Crippen molar-refractivity contribution in [3.8, 4) is 0 Å². The highest BCUT2D eigenvalue weighted by atomic mass is 32.2. The quantitative estimate of drug-likeness (QED) is 0.722. The molecule has 0 aliphatic heterocycles. The van der Waals surface area contributed by atoms with Crippen molar-refractivity contribution in [1.29, 1.82) is 0 Å². The number of nitrogens with zero attached hydrogens (tertiary/aromatic N) is 2. The van der Waals surface area contributed by atoms with Gasteiger partial charge < -0.3 is 5.32 Å². The fourth-order valence-electron chi connectivity index (χ4n) is 2.11. The van der Waals surface area contributed by atoms with Crippen molar-refractivity contribution in [3.63, 3.8) is 0 Å². The molecule has 7 nitrogen and oxygen atoms in total. The van der Waals surface area contributed by atoms with E-state index in [0.717, 1.165) is 11.3 Å². The van der Waals surface area contributed by atoms with E-state index in [1.807, 2.05) is 0 Å². The first-order valence-electron chi connectivity index (χ1n) is 6.67. The van der Waals surface area contributed by atoms with Crippen LogP contribution in [0.25, 0.3) is 10.9 Å². The molecule has 0 atom stereocenters. The number of aromatic nitrogens is 2. The lowest BCUT2D eigenvalue weighted by Gasteiger charge is -2.11. The Morgan fingerprint density at radius 2 is 2.04 bits per heavy atom. The van der Waals surface area contributed by atoms with Gasteiger partial charge >= 0.3 is 0 Å². The predicted molar refractivity (Wildman–Crippen MR) is 89.3 cm³/mol. The summed E-state index contributed by atoms with van der Waals surface area (Å²) >= 11 is 1.15. The van der Waals surface area contributed by atoms with Crippen LogP contribution in [-0.4, -0.2) is 31.0 Å². The average Bonchev–Trinajstić information content (AvgIpc) is 3.07. The number of benzene rings is 1.